The molecule has 1 aliphatic rings. The molecule has 0 saturated heterocycles. The second kappa shape index (κ2) is 6.89. The van der Waals surface area contributed by atoms with Crippen molar-refractivity contribution in [3.05, 3.63) is 0 Å². The highest BCUT2D eigenvalue weighted by Gasteiger charge is 2.28. The maximum Gasteiger partial charge on any atom is 0.324 e. The Bertz CT molecular complexity index is 457. The number of rotatable bonds is 6. The van der Waals surface area contributed by atoms with Gasteiger partial charge in [-0.3, -0.25) is 5.43 Å². The van der Waals surface area contributed by atoms with Crippen LogP contribution in [0.2, 0.25) is 0 Å². The van der Waals surface area contributed by atoms with Crippen LogP contribution in [-0.2, 0) is 0 Å². The number of hydrogen-bond donors (Lipinski definition) is 2. The summed E-state index contributed by atoms with van der Waals surface area (Å²) in [6.45, 7) is 7.15. The lowest BCUT2D eigenvalue weighted by Crippen LogP contribution is -2.29. The second-order valence-electron chi connectivity index (χ2n) is 6.20. The van der Waals surface area contributed by atoms with Crippen molar-refractivity contribution in [2.24, 2.45) is 11.3 Å². The van der Waals surface area contributed by atoms with Gasteiger partial charge in [0.25, 0.3) is 0 Å². The van der Waals surface area contributed by atoms with Crippen LogP contribution in [0.1, 0.15) is 52.9 Å². The highest BCUT2D eigenvalue weighted by Crippen LogP contribution is 2.36. The highest BCUT2D eigenvalue weighted by atomic mass is 16.5. The van der Waals surface area contributed by atoms with E-state index in [1.807, 2.05) is 6.92 Å². The van der Waals surface area contributed by atoms with E-state index in [-0.39, 0.29) is 24.1 Å². The van der Waals surface area contributed by atoms with Crippen molar-refractivity contribution in [1.82, 2.24) is 15.0 Å². The molecule has 1 aromatic rings. The minimum Gasteiger partial charge on any atom is -0.463 e. The number of hydrazine groups is 1. The van der Waals surface area contributed by atoms with Gasteiger partial charge in [-0.1, -0.05) is 20.8 Å². The summed E-state index contributed by atoms with van der Waals surface area (Å²) in [6.07, 6.45) is 5.33. The van der Waals surface area contributed by atoms with Crippen LogP contribution in [0.4, 0.5) is 5.95 Å². The molecule has 0 unspecified atom stereocenters. The van der Waals surface area contributed by atoms with Gasteiger partial charge in [0.1, 0.15) is 6.10 Å². The summed E-state index contributed by atoms with van der Waals surface area (Å²) < 4.78 is 11.3. The lowest BCUT2D eigenvalue weighted by molar-refractivity contribution is 0.0894. The third-order valence-electron chi connectivity index (χ3n) is 3.72. The van der Waals surface area contributed by atoms with Crippen LogP contribution in [0.3, 0.4) is 0 Å². The molecule has 7 nitrogen and oxygen atoms in total. The van der Waals surface area contributed by atoms with Gasteiger partial charge in [0, 0.05) is 0 Å². The summed E-state index contributed by atoms with van der Waals surface area (Å²) in [7, 11) is 0. The Morgan fingerprint density at radius 3 is 2.48 bits per heavy atom. The van der Waals surface area contributed by atoms with Crippen molar-refractivity contribution in [2.45, 2.75) is 59.0 Å². The van der Waals surface area contributed by atoms with Gasteiger partial charge in [-0.25, -0.2) is 5.84 Å². The smallest absolute Gasteiger partial charge is 0.324 e. The molecule has 2 rings (SSSR count). The molecule has 0 radical (unpaired) electrons. The van der Waals surface area contributed by atoms with E-state index in [2.05, 4.69) is 34.2 Å². The number of nitrogens with two attached hydrogens (primary N) is 1. The Balaban J connectivity index is 2.01. The molecule has 1 fully saturated rings. The molecule has 7 heteroatoms. The quantitative estimate of drug-likeness (QED) is 0.614. The summed E-state index contributed by atoms with van der Waals surface area (Å²) in [5.74, 6) is 5.62. The number of nitrogens with one attached hydrogen (secondary N) is 1. The average molecular weight is 295 g/mol. The molecule has 1 aliphatic carbocycles. The Hall–Kier alpha value is -1.63. The molecule has 0 amide bonds. The predicted molar refractivity (Wildman–Crippen MR) is 80.1 cm³/mol. The highest BCUT2D eigenvalue weighted by molar-refractivity contribution is 5.25. The van der Waals surface area contributed by atoms with Crippen LogP contribution in [0.15, 0.2) is 0 Å². The summed E-state index contributed by atoms with van der Waals surface area (Å²) >= 11 is 0. The molecule has 118 valence electrons. The van der Waals surface area contributed by atoms with E-state index < -0.39 is 0 Å². The van der Waals surface area contributed by atoms with Crippen molar-refractivity contribution < 1.29 is 9.47 Å². The first-order valence-electron chi connectivity index (χ1n) is 7.54. The molecule has 0 spiro atoms. The summed E-state index contributed by atoms with van der Waals surface area (Å²) in [5.41, 5.74) is 2.81. The summed E-state index contributed by atoms with van der Waals surface area (Å²) in [5, 5.41) is 0. The van der Waals surface area contributed by atoms with E-state index in [1.54, 1.807) is 0 Å². The third kappa shape index (κ3) is 4.70. The van der Waals surface area contributed by atoms with Crippen LogP contribution in [0.25, 0.3) is 0 Å². The van der Waals surface area contributed by atoms with Crippen LogP contribution in [0, 0.1) is 5.41 Å². The zero-order valence-electron chi connectivity index (χ0n) is 13.1. The second-order valence-corrected chi connectivity index (χ2v) is 6.20. The molecule has 1 aromatic heterocycles. The van der Waals surface area contributed by atoms with Crippen molar-refractivity contribution in [3.63, 3.8) is 0 Å². The maximum absolute atomic E-state index is 5.87. The van der Waals surface area contributed by atoms with Crippen LogP contribution >= 0.6 is 0 Å². The predicted octanol–water partition coefficient (Wildman–Crippen LogP) is 2.29. The van der Waals surface area contributed by atoms with Gasteiger partial charge in [-0.2, -0.15) is 9.97 Å². The Kier molecular flexibility index (Phi) is 5.17. The number of nitrogen functional groups attached to an aromatic ring is 1. The fourth-order valence-corrected chi connectivity index (χ4v) is 2.35. The van der Waals surface area contributed by atoms with Gasteiger partial charge >= 0.3 is 12.0 Å². The fourth-order valence-electron chi connectivity index (χ4n) is 2.35. The first-order valence-corrected chi connectivity index (χ1v) is 7.54. The molecule has 1 heterocycles. The van der Waals surface area contributed by atoms with Gasteiger partial charge in [-0.05, 0) is 37.5 Å². The van der Waals surface area contributed by atoms with Gasteiger partial charge in [0.2, 0.25) is 5.95 Å². The third-order valence-corrected chi connectivity index (χ3v) is 3.72. The number of nitrogens with zero attached hydrogens (tertiary/aromatic N) is 3. The standard InChI is InChI=1S/C14H25N5O2/c1-4-9-20-12-16-11(19-15)17-13(18-12)21-10-5-7-14(2,3)8-6-10/h10H,4-9,15H2,1-3H3,(H,16,17,18,19). The largest absolute Gasteiger partial charge is 0.463 e. The van der Waals surface area contributed by atoms with Crippen LogP contribution < -0.4 is 20.7 Å². The minimum atomic E-state index is 0.144. The van der Waals surface area contributed by atoms with E-state index in [0.29, 0.717) is 12.0 Å². The van der Waals surface area contributed by atoms with Crippen molar-refractivity contribution in [2.75, 3.05) is 12.0 Å². The lowest BCUT2D eigenvalue weighted by Gasteiger charge is -2.33. The van der Waals surface area contributed by atoms with Crippen LogP contribution in [-0.4, -0.2) is 27.7 Å². The van der Waals surface area contributed by atoms with Gasteiger partial charge in [0.05, 0.1) is 6.61 Å². The number of aromatic nitrogens is 3. The molecule has 0 atom stereocenters. The molecule has 0 aromatic carbocycles. The van der Waals surface area contributed by atoms with Crippen molar-refractivity contribution in [3.8, 4) is 12.0 Å². The minimum absolute atomic E-state index is 0.144. The topological polar surface area (TPSA) is 95.2 Å². The maximum atomic E-state index is 5.87. The summed E-state index contributed by atoms with van der Waals surface area (Å²) in [4.78, 5) is 12.4. The van der Waals surface area contributed by atoms with Gasteiger partial charge < -0.3 is 9.47 Å². The van der Waals surface area contributed by atoms with Gasteiger partial charge in [0.15, 0.2) is 0 Å². The summed E-state index contributed by atoms with van der Waals surface area (Å²) in [6, 6.07) is 0.514. The zero-order valence-corrected chi connectivity index (χ0v) is 13.1. The first kappa shape index (κ1) is 15.8. The molecule has 0 bridgehead atoms. The lowest BCUT2D eigenvalue weighted by atomic mass is 9.76. The molecule has 1 saturated carbocycles. The number of hydrogen-bond acceptors (Lipinski definition) is 7. The van der Waals surface area contributed by atoms with Crippen LogP contribution in [0.5, 0.6) is 12.0 Å². The normalized spacial score (nSPS) is 18.3. The van der Waals surface area contributed by atoms with E-state index in [1.165, 1.54) is 0 Å². The van der Waals surface area contributed by atoms with E-state index >= 15 is 0 Å². The van der Waals surface area contributed by atoms with Crippen molar-refractivity contribution >= 4 is 5.95 Å². The van der Waals surface area contributed by atoms with E-state index in [9.17, 15) is 0 Å². The fraction of sp³-hybridized carbons (Fsp3) is 0.786. The monoisotopic (exact) mass is 295 g/mol. The Morgan fingerprint density at radius 1 is 1.19 bits per heavy atom. The SMILES string of the molecule is CCCOc1nc(NN)nc(OC2CCC(C)(C)CC2)n1. The van der Waals surface area contributed by atoms with E-state index in [4.69, 9.17) is 15.3 Å². The molecule has 21 heavy (non-hydrogen) atoms. The molecule has 0 aliphatic heterocycles. The first-order chi connectivity index (χ1) is 10.0. The van der Waals surface area contributed by atoms with Gasteiger partial charge in [-0.15, -0.1) is 4.98 Å². The Morgan fingerprint density at radius 2 is 1.86 bits per heavy atom. The Labute approximate surface area is 125 Å². The van der Waals surface area contributed by atoms with Crippen molar-refractivity contribution in [1.29, 1.82) is 0 Å². The van der Waals surface area contributed by atoms with E-state index in [0.717, 1.165) is 32.1 Å². The molecular formula is C14H25N5O2. The number of anilines is 1. The molecular weight excluding hydrogens is 270 g/mol. The zero-order chi connectivity index (χ0) is 15.3. The number of ether oxygens (including phenoxy) is 2. The molecule has 3 N–H and O–H groups in total. The average Bonchev–Trinajstić information content (AvgIpc) is 2.47.